The molecule has 1 aliphatic heterocycles. The van der Waals surface area contributed by atoms with Crippen molar-refractivity contribution in [1.29, 1.82) is 0 Å². The number of aromatic nitrogens is 1. The smallest absolute Gasteiger partial charge is 0.255 e. The summed E-state index contributed by atoms with van der Waals surface area (Å²) in [7, 11) is 0. The van der Waals surface area contributed by atoms with Crippen LogP contribution in [0.3, 0.4) is 0 Å². The van der Waals surface area contributed by atoms with Gasteiger partial charge in [-0.25, -0.2) is 4.39 Å². The van der Waals surface area contributed by atoms with E-state index in [1.54, 1.807) is 4.90 Å². The van der Waals surface area contributed by atoms with E-state index in [1.165, 1.54) is 17.8 Å². The third-order valence-corrected chi connectivity index (χ3v) is 4.21. The van der Waals surface area contributed by atoms with Gasteiger partial charge in [0.2, 0.25) is 0 Å². The van der Waals surface area contributed by atoms with Gasteiger partial charge in [-0.3, -0.25) is 9.78 Å². The predicted molar refractivity (Wildman–Crippen MR) is 96.3 cm³/mol. The van der Waals surface area contributed by atoms with Crippen LogP contribution in [0.25, 0.3) is 0 Å². The van der Waals surface area contributed by atoms with Crippen LogP contribution < -0.4 is 5.73 Å². The van der Waals surface area contributed by atoms with Crippen LogP contribution in [0.5, 0.6) is 0 Å². The van der Waals surface area contributed by atoms with Gasteiger partial charge < -0.3 is 10.6 Å². The third-order valence-electron chi connectivity index (χ3n) is 4.21. The normalized spacial score (nSPS) is 19.3. The van der Waals surface area contributed by atoms with Crippen molar-refractivity contribution >= 4 is 30.7 Å². The van der Waals surface area contributed by atoms with Crippen LogP contribution >= 0.6 is 24.8 Å². The topological polar surface area (TPSA) is 59.2 Å². The third kappa shape index (κ3) is 4.23. The maximum absolute atomic E-state index is 13.2. The first-order valence-electron chi connectivity index (χ1n) is 7.34. The number of rotatable bonds is 3. The average molecular weight is 372 g/mol. The van der Waals surface area contributed by atoms with E-state index in [9.17, 15) is 9.18 Å². The van der Waals surface area contributed by atoms with Gasteiger partial charge in [0.15, 0.2) is 0 Å². The summed E-state index contributed by atoms with van der Waals surface area (Å²) in [6.45, 7) is 1.71. The molecule has 2 atom stereocenters. The SMILES string of the molecule is Cl.Cl.NC[C@@H]1CN(C(=O)c2cncc(F)c2)C[C@H]1c1ccccc1. The Morgan fingerprint density at radius 2 is 1.92 bits per heavy atom. The van der Waals surface area contributed by atoms with Gasteiger partial charge in [-0.1, -0.05) is 30.3 Å². The van der Waals surface area contributed by atoms with E-state index >= 15 is 0 Å². The number of carbonyl (C=O) groups is 1. The van der Waals surface area contributed by atoms with Crippen molar-refractivity contribution < 1.29 is 9.18 Å². The van der Waals surface area contributed by atoms with E-state index < -0.39 is 5.82 Å². The Balaban J connectivity index is 0.00000144. The molecule has 1 aromatic heterocycles. The number of pyridine rings is 1. The lowest BCUT2D eigenvalue weighted by Gasteiger charge is -2.16. The molecule has 0 radical (unpaired) electrons. The summed E-state index contributed by atoms with van der Waals surface area (Å²) < 4.78 is 13.2. The molecule has 1 fully saturated rings. The molecule has 0 spiro atoms. The minimum absolute atomic E-state index is 0. The highest BCUT2D eigenvalue weighted by Crippen LogP contribution is 2.32. The number of carbonyl (C=O) groups excluding carboxylic acids is 1. The molecule has 1 aliphatic rings. The Kier molecular flexibility index (Phi) is 7.60. The van der Waals surface area contributed by atoms with Crippen molar-refractivity contribution in [3.8, 4) is 0 Å². The highest BCUT2D eigenvalue weighted by molar-refractivity contribution is 5.94. The molecule has 0 unspecified atom stereocenters. The molecular weight excluding hydrogens is 352 g/mol. The van der Waals surface area contributed by atoms with Crippen molar-refractivity contribution in [3.05, 3.63) is 65.7 Å². The van der Waals surface area contributed by atoms with Gasteiger partial charge >= 0.3 is 0 Å². The van der Waals surface area contributed by atoms with Crippen molar-refractivity contribution in [2.45, 2.75) is 5.92 Å². The number of amides is 1. The molecule has 2 aromatic rings. The molecule has 2 heterocycles. The molecule has 0 aliphatic carbocycles. The summed E-state index contributed by atoms with van der Waals surface area (Å²) in [6.07, 6.45) is 2.49. The minimum atomic E-state index is -0.500. The van der Waals surface area contributed by atoms with Crippen LogP contribution in [0, 0.1) is 11.7 Å². The van der Waals surface area contributed by atoms with Crippen molar-refractivity contribution in [2.75, 3.05) is 19.6 Å². The molecule has 1 saturated heterocycles. The van der Waals surface area contributed by atoms with Crippen LogP contribution in [0.1, 0.15) is 21.8 Å². The molecule has 3 rings (SSSR count). The van der Waals surface area contributed by atoms with E-state index in [1.807, 2.05) is 18.2 Å². The molecular formula is C17H20Cl2FN3O. The van der Waals surface area contributed by atoms with E-state index in [-0.39, 0.29) is 48.1 Å². The second-order valence-electron chi connectivity index (χ2n) is 5.61. The summed E-state index contributed by atoms with van der Waals surface area (Å²) in [5.41, 5.74) is 7.34. The molecule has 130 valence electrons. The highest BCUT2D eigenvalue weighted by Gasteiger charge is 2.35. The van der Waals surface area contributed by atoms with Gasteiger partial charge in [0, 0.05) is 25.2 Å². The zero-order valence-electron chi connectivity index (χ0n) is 13.0. The molecule has 1 aromatic carbocycles. The second-order valence-corrected chi connectivity index (χ2v) is 5.61. The first-order chi connectivity index (χ1) is 10.7. The Morgan fingerprint density at radius 1 is 1.21 bits per heavy atom. The lowest BCUT2D eigenvalue weighted by molar-refractivity contribution is 0.0785. The largest absolute Gasteiger partial charge is 0.338 e. The lowest BCUT2D eigenvalue weighted by atomic mass is 9.89. The maximum atomic E-state index is 13.2. The zero-order valence-corrected chi connectivity index (χ0v) is 14.6. The van der Waals surface area contributed by atoms with E-state index in [4.69, 9.17) is 5.73 Å². The Hall–Kier alpha value is -1.69. The molecule has 2 N–H and O–H groups in total. The van der Waals surface area contributed by atoms with Gasteiger partial charge in [-0.15, -0.1) is 24.8 Å². The second kappa shape index (κ2) is 8.97. The summed E-state index contributed by atoms with van der Waals surface area (Å²) in [4.78, 5) is 18.0. The van der Waals surface area contributed by atoms with Gasteiger partial charge in [0.25, 0.3) is 5.91 Å². The van der Waals surface area contributed by atoms with Gasteiger partial charge in [-0.05, 0) is 24.1 Å². The number of benzene rings is 1. The molecule has 24 heavy (non-hydrogen) atoms. The van der Waals surface area contributed by atoms with Crippen molar-refractivity contribution in [2.24, 2.45) is 11.7 Å². The predicted octanol–water partition coefficient (Wildman–Crippen LogP) is 2.88. The first kappa shape index (κ1) is 20.4. The number of halogens is 3. The van der Waals surface area contributed by atoms with E-state index in [0.717, 1.165) is 6.20 Å². The number of hydrogen-bond donors (Lipinski definition) is 1. The maximum Gasteiger partial charge on any atom is 0.255 e. The molecule has 1 amide bonds. The quantitative estimate of drug-likeness (QED) is 0.902. The highest BCUT2D eigenvalue weighted by atomic mass is 35.5. The van der Waals surface area contributed by atoms with Crippen LogP contribution in [0.4, 0.5) is 4.39 Å². The Labute approximate surface area is 153 Å². The fraction of sp³-hybridized carbons (Fsp3) is 0.294. The number of hydrogen-bond acceptors (Lipinski definition) is 3. The van der Waals surface area contributed by atoms with E-state index in [0.29, 0.717) is 19.6 Å². The lowest BCUT2D eigenvalue weighted by Crippen LogP contribution is -2.30. The van der Waals surface area contributed by atoms with E-state index in [2.05, 4.69) is 17.1 Å². The number of nitrogens with two attached hydrogens (primary N) is 1. The monoisotopic (exact) mass is 371 g/mol. The van der Waals surface area contributed by atoms with Gasteiger partial charge in [0.1, 0.15) is 5.82 Å². The summed E-state index contributed by atoms with van der Waals surface area (Å²) in [5.74, 6) is -0.256. The Bertz CT molecular complexity index is 672. The number of nitrogens with zero attached hydrogens (tertiary/aromatic N) is 2. The van der Waals surface area contributed by atoms with Crippen LogP contribution in [0.2, 0.25) is 0 Å². The fourth-order valence-electron chi connectivity index (χ4n) is 3.07. The summed E-state index contributed by atoms with van der Waals surface area (Å²) in [6, 6.07) is 11.3. The Morgan fingerprint density at radius 3 is 2.54 bits per heavy atom. The average Bonchev–Trinajstić information content (AvgIpc) is 2.99. The van der Waals surface area contributed by atoms with Gasteiger partial charge in [-0.2, -0.15) is 0 Å². The number of likely N-dealkylation sites (tertiary alicyclic amines) is 1. The van der Waals surface area contributed by atoms with Crippen LogP contribution in [0.15, 0.2) is 48.8 Å². The summed E-state index contributed by atoms with van der Waals surface area (Å²) >= 11 is 0. The zero-order chi connectivity index (χ0) is 15.5. The molecule has 0 saturated carbocycles. The first-order valence-corrected chi connectivity index (χ1v) is 7.34. The fourth-order valence-corrected chi connectivity index (χ4v) is 3.07. The van der Waals surface area contributed by atoms with Crippen LogP contribution in [-0.4, -0.2) is 35.4 Å². The summed E-state index contributed by atoms with van der Waals surface area (Å²) in [5, 5.41) is 0. The van der Waals surface area contributed by atoms with Crippen LogP contribution in [-0.2, 0) is 0 Å². The minimum Gasteiger partial charge on any atom is -0.338 e. The van der Waals surface area contributed by atoms with Crippen molar-refractivity contribution in [3.63, 3.8) is 0 Å². The van der Waals surface area contributed by atoms with Gasteiger partial charge in [0.05, 0.1) is 11.8 Å². The molecule has 0 bridgehead atoms. The standard InChI is InChI=1S/C17H18FN3O.2ClH/c18-15-6-13(8-20-9-15)17(22)21-10-14(7-19)16(11-21)12-4-2-1-3-5-12;;/h1-6,8-9,14,16H,7,10-11,19H2;2*1H/t14-,16+;;/m1../s1. The van der Waals surface area contributed by atoms with Crippen molar-refractivity contribution in [1.82, 2.24) is 9.88 Å². The molecule has 4 nitrogen and oxygen atoms in total. The molecule has 7 heteroatoms.